The number of hydrogen-bond donors (Lipinski definition) is 2. The Hall–Kier alpha value is -0.830. The zero-order chi connectivity index (χ0) is 12.0. The molecule has 1 aliphatic rings. The maximum absolute atomic E-state index is 10.6. The molecule has 16 heavy (non-hydrogen) atoms. The van der Waals surface area contributed by atoms with Crippen molar-refractivity contribution in [2.24, 2.45) is 5.92 Å². The van der Waals surface area contributed by atoms with Gasteiger partial charge >= 0.3 is 5.97 Å². The highest BCUT2D eigenvalue weighted by Crippen LogP contribution is 2.27. The van der Waals surface area contributed by atoms with Crippen LogP contribution in [0.4, 0.5) is 0 Å². The van der Waals surface area contributed by atoms with E-state index in [0.717, 1.165) is 12.3 Å². The fourth-order valence-electron chi connectivity index (χ4n) is 2.51. The predicted octanol–water partition coefficient (Wildman–Crippen LogP) is 2.58. The Morgan fingerprint density at radius 3 is 2.56 bits per heavy atom. The molecule has 1 unspecified atom stereocenters. The second-order valence-electron chi connectivity index (χ2n) is 4.70. The summed E-state index contributed by atoms with van der Waals surface area (Å²) in [4.78, 5) is 10.6. The van der Waals surface area contributed by atoms with Gasteiger partial charge in [0.1, 0.15) is 0 Å². The summed E-state index contributed by atoms with van der Waals surface area (Å²) >= 11 is 0. The van der Waals surface area contributed by atoms with Gasteiger partial charge in [-0.3, -0.25) is 0 Å². The number of carboxylic acids is 1. The average molecular weight is 225 g/mol. The second-order valence-corrected chi connectivity index (χ2v) is 4.70. The molecule has 3 heteroatoms. The fourth-order valence-corrected chi connectivity index (χ4v) is 2.51. The van der Waals surface area contributed by atoms with Crippen LogP contribution < -0.4 is 5.32 Å². The Morgan fingerprint density at radius 1 is 1.44 bits per heavy atom. The Kier molecular flexibility index (Phi) is 5.53. The van der Waals surface area contributed by atoms with Gasteiger partial charge in [0.15, 0.2) is 0 Å². The van der Waals surface area contributed by atoms with Gasteiger partial charge in [0, 0.05) is 18.2 Å². The first kappa shape index (κ1) is 13.2. The molecule has 1 rings (SSSR count). The van der Waals surface area contributed by atoms with Gasteiger partial charge in [-0.15, -0.1) is 0 Å². The van der Waals surface area contributed by atoms with Crippen LogP contribution in [-0.2, 0) is 4.79 Å². The highest BCUT2D eigenvalue weighted by molar-refractivity contribution is 5.86. The summed E-state index contributed by atoms with van der Waals surface area (Å²) in [5.41, 5.74) is 0.259. The SMILES string of the molecule is C=C(CNC(CC)C1CCCCC1)C(=O)O. The minimum atomic E-state index is -0.897. The van der Waals surface area contributed by atoms with Gasteiger partial charge in [0.05, 0.1) is 0 Å². The molecule has 0 saturated heterocycles. The monoisotopic (exact) mass is 225 g/mol. The molecule has 1 fully saturated rings. The van der Waals surface area contributed by atoms with E-state index in [1.54, 1.807) is 0 Å². The third kappa shape index (κ3) is 3.97. The van der Waals surface area contributed by atoms with Crippen molar-refractivity contribution in [2.45, 2.75) is 51.5 Å². The third-order valence-corrected chi connectivity index (χ3v) is 3.54. The molecule has 0 spiro atoms. The number of carboxylic acid groups (broad SMARTS) is 1. The van der Waals surface area contributed by atoms with Crippen molar-refractivity contribution in [3.63, 3.8) is 0 Å². The lowest BCUT2D eigenvalue weighted by Gasteiger charge is -2.30. The van der Waals surface area contributed by atoms with Gasteiger partial charge in [-0.25, -0.2) is 4.79 Å². The van der Waals surface area contributed by atoms with E-state index in [2.05, 4.69) is 18.8 Å². The molecule has 2 N–H and O–H groups in total. The van der Waals surface area contributed by atoms with Crippen LogP contribution in [0.3, 0.4) is 0 Å². The van der Waals surface area contributed by atoms with Crippen LogP contribution in [0.2, 0.25) is 0 Å². The second kappa shape index (κ2) is 6.69. The van der Waals surface area contributed by atoms with Crippen molar-refractivity contribution in [3.8, 4) is 0 Å². The van der Waals surface area contributed by atoms with E-state index >= 15 is 0 Å². The minimum Gasteiger partial charge on any atom is -0.478 e. The molecule has 0 aromatic rings. The highest BCUT2D eigenvalue weighted by Gasteiger charge is 2.22. The van der Waals surface area contributed by atoms with Crippen LogP contribution in [0.25, 0.3) is 0 Å². The molecule has 0 aliphatic heterocycles. The van der Waals surface area contributed by atoms with Crippen LogP contribution in [0, 0.1) is 5.92 Å². The number of hydrogen-bond acceptors (Lipinski definition) is 2. The number of rotatable bonds is 6. The molecule has 0 radical (unpaired) electrons. The van der Waals surface area contributed by atoms with Crippen molar-refractivity contribution in [1.29, 1.82) is 0 Å². The molecule has 3 nitrogen and oxygen atoms in total. The number of nitrogens with one attached hydrogen (secondary N) is 1. The average Bonchev–Trinajstić information content (AvgIpc) is 2.30. The van der Waals surface area contributed by atoms with Gasteiger partial charge in [-0.1, -0.05) is 32.8 Å². The van der Waals surface area contributed by atoms with Crippen LogP contribution in [0.1, 0.15) is 45.4 Å². The van der Waals surface area contributed by atoms with Gasteiger partial charge in [0.25, 0.3) is 0 Å². The Labute approximate surface area is 97.9 Å². The van der Waals surface area contributed by atoms with Crippen LogP contribution in [0.5, 0.6) is 0 Å². The molecule has 0 aromatic carbocycles. The summed E-state index contributed by atoms with van der Waals surface area (Å²) < 4.78 is 0. The molecular weight excluding hydrogens is 202 g/mol. The fraction of sp³-hybridized carbons (Fsp3) is 0.769. The lowest BCUT2D eigenvalue weighted by Crippen LogP contribution is -2.38. The first-order valence-electron chi connectivity index (χ1n) is 6.29. The van der Waals surface area contributed by atoms with Gasteiger partial charge in [-0.2, -0.15) is 0 Å². The molecule has 0 aromatic heterocycles. The van der Waals surface area contributed by atoms with Crippen LogP contribution in [-0.4, -0.2) is 23.7 Å². The van der Waals surface area contributed by atoms with Crippen molar-refractivity contribution in [3.05, 3.63) is 12.2 Å². The van der Waals surface area contributed by atoms with Crippen molar-refractivity contribution in [2.75, 3.05) is 6.54 Å². The molecular formula is C13H23NO2. The van der Waals surface area contributed by atoms with E-state index in [4.69, 9.17) is 5.11 Å². The van der Waals surface area contributed by atoms with E-state index in [1.807, 2.05) is 0 Å². The van der Waals surface area contributed by atoms with Crippen LogP contribution in [0.15, 0.2) is 12.2 Å². The Morgan fingerprint density at radius 2 is 2.06 bits per heavy atom. The van der Waals surface area contributed by atoms with E-state index in [-0.39, 0.29) is 5.57 Å². The summed E-state index contributed by atoms with van der Waals surface area (Å²) in [6.45, 7) is 6.11. The molecule has 0 bridgehead atoms. The van der Waals surface area contributed by atoms with Gasteiger partial charge in [0.2, 0.25) is 0 Å². The van der Waals surface area contributed by atoms with Crippen molar-refractivity contribution < 1.29 is 9.90 Å². The standard InChI is InChI=1S/C13H23NO2/c1-3-12(11-7-5-4-6-8-11)14-9-10(2)13(15)16/h11-12,14H,2-9H2,1H3,(H,15,16). The summed E-state index contributed by atoms with van der Waals surface area (Å²) in [6, 6.07) is 0.455. The van der Waals surface area contributed by atoms with E-state index in [0.29, 0.717) is 12.6 Å². The maximum Gasteiger partial charge on any atom is 0.332 e. The quantitative estimate of drug-likeness (QED) is 0.683. The zero-order valence-electron chi connectivity index (χ0n) is 10.2. The summed E-state index contributed by atoms with van der Waals surface area (Å²) in [5.74, 6) is -0.175. The zero-order valence-corrected chi connectivity index (χ0v) is 10.2. The van der Waals surface area contributed by atoms with Crippen molar-refractivity contribution >= 4 is 5.97 Å². The molecule has 92 valence electrons. The van der Waals surface area contributed by atoms with Crippen LogP contribution >= 0.6 is 0 Å². The third-order valence-electron chi connectivity index (χ3n) is 3.54. The lowest BCUT2D eigenvalue weighted by molar-refractivity contribution is -0.132. The summed E-state index contributed by atoms with van der Waals surface area (Å²) in [6.07, 6.45) is 7.63. The predicted molar refractivity (Wildman–Crippen MR) is 65.4 cm³/mol. The van der Waals surface area contributed by atoms with E-state index in [1.165, 1.54) is 32.1 Å². The first-order valence-corrected chi connectivity index (χ1v) is 6.29. The van der Waals surface area contributed by atoms with E-state index < -0.39 is 5.97 Å². The minimum absolute atomic E-state index is 0.259. The lowest BCUT2D eigenvalue weighted by atomic mass is 9.83. The Balaban J connectivity index is 2.35. The molecule has 1 aliphatic carbocycles. The molecule has 0 amide bonds. The molecule has 0 heterocycles. The highest BCUT2D eigenvalue weighted by atomic mass is 16.4. The molecule has 1 atom stereocenters. The summed E-state index contributed by atoms with van der Waals surface area (Å²) in [7, 11) is 0. The van der Waals surface area contributed by atoms with E-state index in [9.17, 15) is 4.79 Å². The first-order chi connectivity index (χ1) is 7.65. The van der Waals surface area contributed by atoms with Crippen molar-refractivity contribution in [1.82, 2.24) is 5.32 Å². The molecule has 1 saturated carbocycles. The largest absolute Gasteiger partial charge is 0.478 e. The van der Waals surface area contributed by atoms with Gasteiger partial charge in [-0.05, 0) is 25.2 Å². The normalized spacial score (nSPS) is 19.3. The number of aliphatic carboxylic acids is 1. The summed E-state index contributed by atoms with van der Waals surface area (Å²) in [5, 5.41) is 12.1. The number of carbonyl (C=O) groups is 1. The van der Waals surface area contributed by atoms with Gasteiger partial charge < -0.3 is 10.4 Å². The Bertz CT molecular complexity index is 244. The smallest absolute Gasteiger partial charge is 0.332 e. The topological polar surface area (TPSA) is 49.3 Å². The maximum atomic E-state index is 10.6.